The topological polar surface area (TPSA) is 66.4 Å². The van der Waals surface area contributed by atoms with E-state index in [-0.39, 0.29) is 17.6 Å². The molecular weight excluding hydrogens is 419 g/mol. The van der Waals surface area contributed by atoms with E-state index < -0.39 is 5.41 Å². The first-order valence-corrected chi connectivity index (χ1v) is 11.0. The third-order valence-electron chi connectivity index (χ3n) is 6.33. The summed E-state index contributed by atoms with van der Waals surface area (Å²) >= 11 is 0. The van der Waals surface area contributed by atoms with Crippen LogP contribution >= 0.6 is 0 Å². The van der Waals surface area contributed by atoms with Crippen LogP contribution in [0.5, 0.6) is 0 Å². The van der Waals surface area contributed by atoms with Crippen LogP contribution in [0.25, 0.3) is 11.1 Å². The molecule has 0 atom stereocenters. The van der Waals surface area contributed by atoms with Gasteiger partial charge in [-0.05, 0) is 36.5 Å². The molecule has 0 aliphatic carbocycles. The van der Waals surface area contributed by atoms with Crippen molar-refractivity contribution < 1.29 is 14.0 Å². The highest BCUT2D eigenvalue weighted by atomic mass is 19.1. The molecule has 0 spiro atoms. The van der Waals surface area contributed by atoms with E-state index in [4.69, 9.17) is 0 Å². The molecule has 7 heteroatoms. The summed E-state index contributed by atoms with van der Waals surface area (Å²) in [4.78, 5) is 37.5. The minimum atomic E-state index is -0.595. The Bertz CT molecular complexity index is 1120. The normalized spacial score (nSPS) is 15.2. The highest BCUT2D eigenvalue weighted by molar-refractivity contribution is 5.92. The quantitative estimate of drug-likeness (QED) is 0.597. The molecule has 0 bridgehead atoms. The van der Waals surface area contributed by atoms with Gasteiger partial charge >= 0.3 is 0 Å². The Labute approximate surface area is 193 Å². The van der Waals surface area contributed by atoms with Crippen molar-refractivity contribution in [1.82, 2.24) is 19.8 Å². The summed E-state index contributed by atoms with van der Waals surface area (Å²) in [6.07, 6.45) is 6.18. The maximum Gasteiger partial charge on any atom is 0.274 e. The van der Waals surface area contributed by atoms with Gasteiger partial charge in [-0.25, -0.2) is 9.37 Å². The average molecular weight is 447 g/mol. The van der Waals surface area contributed by atoms with Gasteiger partial charge in [0.25, 0.3) is 5.91 Å². The van der Waals surface area contributed by atoms with Gasteiger partial charge in [-0.15, -0.1) is 0 Å². The molecule has 1 aliphatic rings. The standard InChI is InChI=1S/C26H27FN4O2/c1-30(2)25(33)26(11-15-31(16-12-26)24(32)23-18-28-13-14-29-23)17-19-7-9-20(10-8-19)21-5-3-4-6-22(21)27/h3-10,13-14,18H,11-12,15-17H2,1-2H3. The molecule has 6 nitrogen and oxygen atoms in total. The van der Waals surface area contributed by atoms with E-state index >= 15 is 0 Å². The third-order valence-corrected chi connectivity index (χ3v) is 6.33. The molecule has 3 aromatic rings. The highest BCUT2D eigenvalue weighted by Gasteiger charge is 2.43. The van der Waals surface area contributed by atoms with Gasteiger partial charge in [-0.3, -0.25) is 14.6 Å². The van der Waals surface area contributed by atoms with Gasteiger partial charge in [0.2, 0.25) is 5.91 Å². The predicted octanol–water partition coefficient (Wildman–Crippen LogP) is 3.84. The first-order chi connectivity index (χ1) is 15.9. The van der Waals surface area contributed by atoms with Gasteiger partial charge < -0.3 is 9.80 Å². The van der Waals surface area contributed by atoms with Crippen molar-refractivity contribution >= 4 is 11.8 Å². The van der Waals surface area contributed by atoms with Crippen molar-refractivity contribution in [2.24, 2.45) is 5.41 Å². The van der Waals surface area contributed by atoms with Crippen LogP contribution in [0.2, 0.25) is 0 Å². The molecule has 170 valence electrons. The molecule has 4 rings (SSSR count). The summed E-state index contributed by atoms with van der Waals surface area (Å²) < 4.78 is 14.1. The van der Waals surface area contributed by atoms with E-state index in [0.717, 1.165) is 11.1 Å². The van der Waals surface area contributed by atoms with Gasteiger partial charge in [0, 0.05) is 45.1 Å². The first-order valence-electron chi connectivity index (χ1n) is 11.0. The lowest BCUT2D eigenvalue weighted by Crippen LogP contribution is -2.51. The number of carbonyl (C=O) groups excluding carboxylic acids is 2. The molecule has 2 heterocycles. The largest absolute Gasteiger partial charge is 0.348 e. The van der Waals surface area contributed by atoms with Crippen molar-refractivity contribution in [1.29, 1.82) is 0 Å². The Morgan fingerprint density at radius 1 is 1.03 bits per heavy atom. The summed E-state index contributed by atoms with van der Waals surface area (Å²) in [6, 6.07) is 14.4. The third kappa shape index (κ3) is 4.77. The lowest BCUT2D eigenvalue weighted by atomic mass is 9.72. The molecule has 0 radical (unpaired) electrons. The van der Waals surface area contributed by atoms with Gasteiger partial charge in [0.05, 0.1) is 11.6 Å². The van der Waals surface area contributed by atoms with Crippen LogP contribution in [0, 0.1) is 11.2 Å². The van der Waals surface area contributed by atoms with Crippen molar-refractivity contribution in [3.8, 4) is 11.1 Å². The molecule has 1 fully saturated rings. The number of rotatable bonds is 5. The molecule has 0 unspecified atom stereocenters. The molecule has 0 N–H and O–H groups in total. The van der Waals surface area contributed by atoms with Crippen LogP contribution in [0.3, 0.4) is 0 Å². The Balaban J connectivity index is 1.52. The number of halogens is 1. The molecule has 1 aliphatic heterocycles. The molecule has 1 aromatic heterocycles. The van der Waals surface area contributed by atoms with Crippen LogP contribution in [-0.2, 0) is 11.2 Å². The fourth-order valence-electron chi connectivity index (χ4n) is 4.54. The van der Waals surface area contributed by atoms with Crippen molar-refractivity contribution in [2.75, 3.05) is 27.2 Å². The van der Waals surface area contributed by atoms with Crippen molar-refractivity contribution in [3.63, 3.8) is 0 Å². The fourth-order valence-corrected chi connectivity index (χ4v) is 4.54. The summed E-state index contributed by atoms with van der Waals surface area (Å²) in [5.74, 6) is -0.361. The Morgan fingerprint density at radius 3 is 2.33 bits per heavy atom. The van der Waals surface area contributed by atoms with Crippen LogP contribution < -0.4 is 0 Å². The van der Waals surface area contributed by atoms with E-state index in [1.54, 1.807) is 36.0 Å². The van der Waals surface area contributed by atoms with Crippen molar-refractivity contribution in [2.45, 2.75) is 19.3 Å². The van der Waals surface area contributed by atoms with Crippen LogP contribution in [0.4, 0.5) is 4.39 Å². The van der Waals surface area contributed by atoms with E-state index in [9.17, 15) is 14.0 Å². The minimum Gasteiger partial charge on any atom is -0.348 e. The summed E-state index contributed by atoms with van der Waals surface area (Å²) in [5, 5.41) is 0. The Morgan fingerprint density at radius 2 is 1.73 bits per heavy atom. The second-order valence-electron chi connectivity index (χ2n) is 8.72. The van der Waals surface area contributed by atoms with Gasteiger partial charge in [0.15, 0.2) is 0 Å². The van der Waals surface area contributed by atoms with Crippen molar-refractivity contribution in [3.05, 3.63) is 84.2 Å². The van der Waals surface area contributed by atoms with Gasteiger partial charge in [0.1, 0.15) is 11.5 Å². The summed E-state index contributed by atoms with van der Waals surface area (Å²) in [7, 11) is 3.53. The fraction of sp³-hybridized carbons (Fsp3) is 0.308. The molecule has 2 amide bonds. The molecule has 0 saturated carbocycles. The monoisotopic (exact) mass is 446 g/mol. The number of hydrogen-bond acceptors (Lipinski definition) is 4. The number of carbonyl (C=O) groups is 2. The zero-order valence-corrected chi connectivity index (χ0v) is 18.9. The SMILES string of the molecule is CN(C)C(=O)C1(Cc2ccc(-c3ccccc3F)cc2)CCN(C(=O)c2cnccn2)CC1. The Kier molecular flexibility index (Phi) is 6.49. The molecule has 2 aromatic carbocycles. The van der Waals surface area contributed by atoms with Gasteiger partial charge in [-0.2, -0.15) is 0 Å². The van der Waals surface area contributed by atoms with E-state index in [0.29, 0.717) is 43.6 Å². The zero-order valence-electron chi connectivity index (χ0n) is 18.9. The number of piperidine rings is 1. The van der Waals surface area contributed by atoms with E-state index in [2.05, 4.69) is 9.97 Å². The summed E-state index contributed by atoms with van der Waals surface area (Å²) in [5.41, 5.74) is 2.09. The number of benzene rings is 2. The van der Waals surface area contributed by atoms with Crippen LogP contribution in [0.1, 0.15) is 28.9 Å². The number of hydrogen-bond donors (Lipinski definition) is 0. The summed E-state index contributed by atoms with van der Waals surface area (Å²) in [6.45, 7) is 0.949. The molecule has 33 heavy (non-hydrogen) atoms. The number of likely N-dealkylation sites (tertiary alicyclic amines) is 1. The second-order valence-corrected chi connectivity index (χ2v) is 8.72. The average Bonchev–Trinajstić information content (AvgIpc) is 2.85. The second kappa shape index (κ2) is 9.48. The highest BCUT2D eigenvalue weighted by Crippen LogP contribution is 2.37. The molecular formula is C26H27FN4O2. The van der Waals surface area contributed by atoms with Crippen LogP contribution in [0.15, 0.2) is 67.1 Å². The molecule has 1 saturated heterocycles. The predicted molar refractivity (Wildman–Crippen MR) is 124 cm³/mol. The first kappa shape index (κ1) is 22.6. The number of nitrogens with zero attached hydrogens (tertiary/aromatic N) is 4. The zero-order chi connectivity index (χ0) is 23.4. The number of aromatic nitrogens is 2. The maximum absolute atomic E-state index is 14.1. The van der Waals surface area contributed by atoms with E-state index in [1.165, 1.54) is 24.7 Å². The smallest absolute Gasteiger partial charge is 0.274 e. The Hall–Kier alpha value is -3.61. The number of amides is 2. The van der Waals surface area contributed by atoms with Gasteiger partial charge in [-0.1, -0.05) is 42.5 Å². The lowest BCUT2D eigenvalue weighted by molar-refractivity contribution is -0.142. The van der Waals surface area contributed by atoms with Crippen LogP contribution in [-0.4, -0.2) is 58.8 Å². The lowest BCUT2D eigenvalue weighted by Gasteiger charge is -2.42. The maximum atomic E-state index is 14.1. The van der Waals surface area contributed by atoms with E-state index in [1.807, 2.05) is 30.3 Å². The minimum absolute atomic E-state index is 0.0623.